The lowest BCUT2D eigenvalue weighted by atomic mass is 10.1. The summed E-state index contributed by atoms with van der Waals surface area (Å²) in [4.78, 5) is 28.2. The molecule has 0 radical (unpaired) electrons. The smallest absolute Gasteiger partial charge is 0.244 e. The Bertz CT molecular complexity index is 1150. The number of hydrogen-bond donors (Lipinski definition) is 1. The highest BCUT2D eigenvalue weighted by Crippen LogP contribution is 2.25. The van der Waals surface area contributed by atoms with Crippen LogP contribution in [0.3, 0.4) is 0 Å². The van der Waals surface area contributed by atoms with Crippen molar-refractivity contribution in [3.63, 3.8) is 0 Å². The maximum atomic E-state index is 13.7. The summed E-state index contributed by atoms with van der Waals surface area (Å²) in [5.74, 6) is -0.476. The SMILES string of the molecule is CC[C@H](C(=O)NCC(C)C)N(Cc1cccc(C)c1)C(=O)CN(c1ccc(C)c(Cl)c1)S(C)(=O)=O. The molecular formula is C26H36ClN3O4S. The van der Waals surface area contributed by atoms with E-state index in [1.165, 1.54) is 11.0 Å². The average Bonchev–Trinajstić information content (AvgIpc) is 2.77. The lowest BCUT2D eigenvalue weighted by Gasteiger charge is -2.33. The highest BCUT2D eigenvalue weighted by Gasteiger charge is 2.31. The van der Waals surface area contributed by atoms with Crippen LogP contribution in [0.4, 0.5) is 5.69 Å². The van der Waals surface area contributed by atoms with Crippen LogP contribution in [0.2, 0.25) is 5.02 Å². The first-order valence-electron chi connectivity index (χ1n) is 11.7. The molecule has 35 heavy (non-hydrogen) atoms. The Morgan fingerprint density at radius 3 is 2.31 bits per heavy atom. The van der Waals surface area contributed by atoms with Crippen LogP contribution in [-0.2, 0) is 26.2 Å². The third-order valence-corrected chi connectivity index (χ3v) is 7.18. The standard InChI is InChI=1S/C26H36ClN3O4S/c1-7-24(26(32)28-15-18(2)3)29(16-21-10-8-9-19(4)13-21)25(31)17-30(35(6,33)34)22-12-11-20(5)23(27)14-22/h8-14,18,24H,7,15-17H2,1-6H3,(H,28,32)/t24-/m1/s1. The summed E-state index contributed by atoms with van der Waals surface area (Å²) in [5.41, 5.74) is 2.98. The number of aryl methyl sites for hydroxylation is 2. The maximum absolute atomic E-state index is 13.7. The topological polar surface area (TPSA) is 86.8 Å². The predicted molar refractivity (Wildman–Crippen MR) is 142 cm³/mol. The van der Waals surface area contributed by atoms with E-state index in [1.807, 2.05) is 58.9 Å². The van der Waals surface area contributed by atoms with Gasteiger partial charge >= 0.3 is 0 Å². The number of benzene rings is 2. The van der Waals surface area contributed by atoms with Crippen LogP contribution in [0.5, 0.6) is 0 Å². The van der Waals surface area contributed by atoms with Gasteiger partial charge < -0.3 is 10.2 Å². The minimum absolute atomic E-state index is 0.181. The largest absolute Gasteiger partial charge is 0.354 e. The van der Waals surface area contributed by atoms with Crippen molar-refractivity contribution in [3.05, 3.63) is 64.2 Å². The van der Waals surface area contributed by atoms with Gasteiger partial charge in [-0.1, -0.05) is 68.3 Å². The quantitative estimate of drug-likeness (QED) is 0.477. The Balaban J connectivity index is 2.44. The second-order valence-electron chi connectivity index (χ2n) is 9.28. The van der Waals surface area contributed by atoms with Crippen molar-refractivity contribution >= 4 is 39.1 Å². The van der Waals surface area contributed by atoms with Gasteiger partial charge in [-0.25, -0.2) is 8.42 Å². The average molecular weight is 522 g/mol. The van der Waals surface area contributed by atoms with E-state index < -0.39 is 28.5 Å². The van der Waals surface area contributed by atoms with Crippen LogP contribution in [0.25, 0.3) is 0 Å². The van der Waals surface area contributed by atoms with Gasteiger partial charge in [0, 0.05) is 18.1 Å². The zero-order valence-electron chi connectivity index (χ0n) is 21.3. The molecule has 192 valence electrons. The molecule has 1 atom stereocenters. The van der Waals surface area contributed by atoms with E-state index in [2.05, 4.69) is 5.32 Å². The second kappa shape index (κ2) is 12.4. The number of nitrogens with one attached hydrogen (secondary N) is 1. The number of halogens is 1. The van der Waals surface area contributed by atoms with E-state index in [1.54, 1.807) is 12.1 Å². The third kappa shape index (κ3) is 8.25. The maximum Gasteiger partial charge on any atom is 0.244 e. The van der Waals surface area contributed by atoms with E-state index in [0.29, 0.717) is 23.7 Å². The van der Waals surface area contributed by atoms with Crippen LogP contribution in [0.15, 0.2) is 42.5 Å². The second-order valence-corrected chi connectivity index (χ2v) is 11.6. The number of amides is 2. The number of hydrogen-bond acceptors (Lipinski definition) is 4. The van der Waals surface area contributed by atoms with Gasteiger partial charge in [0.05, 0.1) is 11.9 Å². The molecular weight excluding hydrogens is 486 g/mol. The van der Waals surface area contributed by atoms with E-state index in [9.17, 15) is 18.0 Å². The number of nitrogens with zero attached hydrogens (tertiary/aromatic N) is 2. The van der Waals surface area contributed by atoms with Gasteiger partial charge in [-0.15, -0.1) is 0 Å². The molecule has 0 spiro atoms. The van der Waals surface area contributed by atoms with E-state index in [4.69, 9.17) is 11.6 Å². The van der Waals surface area contributed by atoms with Crippen molar-refractivity contribution in [1.29, 1.82) is 0 Å². The molecule has 2 rings (SSSR count). The summed E-state index contributed by atoms with van der Waals surface area (Å²) in [7, 11) is -3.80. The summed E-state index contributed by atoms with van der Waals surface area (Å²) in [6, 6.07) is 11.8. The van der Waals surface area contributed by atoms with E-state index >= 15 is 0 Å². The van der Waals surface area contributed by atoms with E-state index in [0.717, 1.165) is 27.3 Å². The Hall–Kier alpha value is -2.58. The van der Waals surface area contributed by atoms with Crippen molar-refractivity contribution in [3.8, 4) is 0 Å². The summed E-state index contributed by atoms with van der Waals surface area (Å²) in [6.07, 6.45) is 1.43. The van der Waals surface area contributed by atoms with Gasteiger partial charge in [0.1, 0.15) is 12.6 Å². The first kappa shape index (κ1) is 28.7. The number of anilines is 1. The van der Waals surface area contributed by atoms with Crippen LogP contribution >= 0.6 is 11.6 Å². The monoisotopic (exact) mass is 521 g/mol. The Morgan fingerprint density at radius 1 is 1.09 bits per heavy atom. The lowest BCUT2D eigenvalue weighted by molar-refractivity contribution is -0.140. The molecule has 0 aliphatic heterocycles. The molecule has 2 aromatic rings. The molecule has 1 N–H and O–H groups in total. The summed E-state index contributed by atoms with van der Waals surface area (Å²) in [6.45, 7) is 9.81. The van der Waals surface area contributed by atoms with Gasteiger partial charge in [0.2, 0.25) is 21.8 Å². The summed E-state index contributed by atoms with van der Waals surface area (Å²) < 4.78 is 26.4. The molecule has 2 amide bonds. The molecule has 0 aromatic heterocycles. The molecule has 0 fully saturated rings. The van der Waals surface area contributed by atoms with E-state index in [-0.39, 0.29) is 18.4 Å². The third-order valence-electron chi connectivity index (χ3n) is 5.63. The van der Waals surface area contributed by atoms with Gasteiger partial charge in [-0.3, -0.25) is 13.9 Å². The number of carbonyl (C=O) groups excluding carboxylic acids is 2. The number of sulfonamides is 1. The lowest BCUT2D eigenvalue weighted by Crippen LogP contribution is -2.52. The van der Waals surface area contributed by atoms with Crippen LogP contribution in [0, 0.1) is 19.8 Å². The molecule has 0 unspecified atom stereocenters. The molecule has 0 saturated carbocycles. The molecule has 9 heteroatoms. The van der Waals surface area contributed by atoms with Crippen molar-refractivity contribution in [2.75, 3.05) is 23.7 Å². The van der Waals surface area contributed by atoms with Crippen LogP contribution in [-0.4, -0.2) is 50.5 Å². The Morgan fingerprint density at radius 2 is 1.77 bits per heavy atom. The first-order valence-corrected chi connectivity index (χ1v) is 13.9. The fourth-order valence-electron chi connectivity index (χ4n) is 3.70. The fourth-order valence-corrected chi connectivity index (χ4v) is 4.72. The van der Waals surface area contributed by atoms with Crippen molar-refractivity contribution < 1.29 is 18.0 Å². The van der Waals surface area contributed by atoms with Crippen molar-refractivity contribution in [2.24, 2.45) is 5.92 Å². The minimum Gasteiger partial charge on any atom is -0.354 e. The zero-order chi connectivity index (χ0) is 26.3. The normalized spacial score (nSPS) is 12.3. The molecule has 0 bridgehead atoms. The highest BCUT2D eigenvalue weighted by molar-refractivity contribution is 7.92. The van der Waals surface area contributed by atoms with Crippen LogP contribution < -0.4 is 9.62 Å². The number of carbonyl (C=O) groups is 2. The zero-order valence-corrected chi connectivity index (χ0v) is 22.9. The summed E-state index contributed by atoms with van der Waals surface area (Å²) >= 11 is 6.23. The first-order chi connectivity index (χ1) is 16.3. The summed E-state index contributed by atoms with van der Waals surface area (Å²) in [5, 5.41) is 3.31. The minimum atomic E-state index is -3.80. The van der Waals surface area contributed by atoms with Crippen LogP contribution in [0.1, 0.15) is 43.9 Å². The van der Waals surface area contributed by atoms with Gasteiger partial charge in [0.25, 0.3) is 0 Å². The van der Waals surface area contributed by atoms with Crippen molar-refractivity contribution in [1.82, 2.24) is 10.2 Å². The predicted octanol–water partition coefficient (Wildman–Crippen LogP) is 4.30. The van der Waals surface area contributed by atoms with Gasteiger partial charge in [-0.05, 0) is 49.4 Å². The number of rotatable bonds is 11. The molecule has 7 nitrogen and oxygen atoms in total. The highest BCUT2D eigenvalue weighted by atomic mass is 35.5. The molecule has 0 saturated heterocycles. The molecule has 0 aliphatic carbocycles. The Labute approximate surface area is 214 Å². The molecule has 2 aromatic carbocycles. The fraction of sp³-hybridized carbons (Fsp3) is 0.462. The van der Waals surface area contributed by atoms with Crippen molar-refractivity contribution in [2.45, 2.75) is 53.6 Å². The Kier molecular flexibility index (Phi) is 10.2. The molecule has 0 aliphatic rings. The van der Waals surface area contributed by atoms with Gasteiger partial charge in [0.15, 0.2) is 0 Å². The molecule has 0 heterocycles. The van der Waals surface area contributed by atoms with Gasteiger partial charge in [-0.2, -0.15) is 0 Å².